The number of ether oxygens (including phenoxy) is 1. The van der Waals surface area contributed by atoms with Crippen LogP contribution in [-0.2, 0) is 0 Å². The van der Waals surface area contributed by atoms with E-state index < -0.39 is 0 Å². The van der Waals surface area contributed by atoms with Gasteiger partial charge in [-0.25, -0.2) is 4.98 Å². The topological polar surface area (TPSA) is 48.9 Å². The van der Waals surface area contributed by atoms with E-state index in [0.717, 1.165) is 19.6 Å². The Morgan fingerprint density at radius 1 is 1.27 bits per heavy atom. The Kier molecular flexibility index (Phi) is 6.14. The summed E-state index contributed by atoms with van der Waals surface area (Å²) in [6, 6.07) is 4.68. The summed E-state index contributed by atoms with van der Waals surface area (Å²) in [5.41, 5.74) is 0.638. The van der Waals surface area contributed by atoms with Gasteiger partial charge in [0.15, 0.2) is 0 Å². The van der Waals surface area contributed by atoms with Gasteiger partial charge < -0.3 is 14.5 Å². The van der Waals surface area contributed by atoms with Crippen LogP contribution in [-0.4, -0.2) is 84.6 Å². The van der Waals surface area contributed by atoms with Crippen molar-refractivity contribution in [2.45, 2.75) is 38.8 Å². The Morgan fingerprint density at radius 3 is 2.50 bits per heavy atom. The van der Waals surface area contributed by atoms with Crippen molar-refractivity contribution in [3.05, 3.63) is 23.9 Å². The van der Waals surface area contributed by atoms with Gasteiger partial charge >= 0.3 is 0 Å². The van der Waals surface area contributed by atoms with E-state index in [1.807, 2.05) is 4.90 Å². The molecule has 2 aliphatic rings. The first kappa shape index (κ1) is 19.1. The average Bonchev–Trinajstić information content (AvgIpc) is 2.60. The van der Waals surface area contributed by atoms with Crippen LogP contribution in [0.25, 0.3) is 0 Å². The maximum absolute atomic E-state index is 12.7. The van der Waals surface area contributed by atoms with E-state index in [1.165, 1.54) is 25.9 Å². The minimum absolute atomic E-state index is 0.0734. The standard InChI is InChI=1S/C20H32N4O2/c1-15(2)12-24(17-7-9-22(3)10-8-17)18-13-23(14-18)20(25)16-5-6-19(26-4)21-11-16/h5-6,11,15,17-18H,7-10,12-14H2,1-4H3. The molecule has 26 heavy (non-hydrogen) atoms. The summed E-state index contributed by atoms with van der Waals surface area (Å²) in [6.07, 6.45) is 4.07. The number of hydrogen-bond acceptors (Lipinski definition) is 5. The van der Waals surface area contributed by atoms with Gasteiger partial charge in [-0.1, -0.05) is 13.8 Å². The van der Waals surface area contributed by atoms with Crippen LogP contribution in [0.4, 0.5) is 0 Å². The number of carbonyl (C=O) groups is 1. The van der Waals surface area contributed by atoms with Crippen LogP contribution in [0.1, 0.15) is 37.0 Å². The van der Waals surface area contributed by atoms with Crippen molar-refractivity contribution < 1.29 is 9.53 Å². The zero-order valence-corrected chi connectivity index (χ0v) is 16.5. The number of aromatic nitrogens is 1. The molecule has 0 atom stereocenters. The third kappa shape index (κ3) is 4.35. The second-order valence-electron chi connectivity index (χ2n) is 8.08. The average molecular weight is 361 g/mol. The molecule has 0 radical (unpaired) electrons. The first-order valence-corrected chi connectivity index (χ1v) is 9.71. The van der Waals surface area contributed by atoms with Crippen molar-refractivity contribution in [3.8, 4) is 5.88 Å². The molecule has 0 unspecified atom stereocenters. The molecule has 1 aromatic rings. The molecule has 0 spiro atoms. The number of piperidine rings is 1. The monoisotopic (exact) mass is 360 g/mol. The Hall–Kier alpha value is -1.66. The van der Waals surface area contributed by atoms with Crippen LogP contribution < -0.4 is 4.74 Å². The van der Waals surface area contributed by atoms with E-state index in [0.29, 0.717) is 29.4 Å². The Labute approximate surface area is 157 Å². The van der Waals surface area contributed by atoms with Crippen molar-refractivity contribution >= 4 is 5.91 Å². The molecule has 0 N–H and O–H groups in total. The fourth-order valence-corrected chi connectivity index (χ4v) is 3.99. The van der Waals surface area contributed by atoms with E-state index in [-0.39, 0.29) is 5.91 Å². The molecule has 144 valence electrons. The van der Waals surface area contributed by atoms with Crippen LogP contribution >= 0.6 is 0 Å². The number of methoxy groups -OCH3 is 1. The highest BCUT2D eigenvalue weighted by Crippen LogP contribution is 2.25. The van der Waals surface area contributed by atoms with E-state index >= 15 is 0 Å². The molecule has 6 heteroatoms. The summed E-state index contributed by atoms with van der Waals surface area (Å²) in [7, 11) is 3.78. The number of likely N-dealkylation sites (tertiary alicyclic amines) is 2. The molecule has 1 aromatic heterocycles. The van der Waals surface area contributed by atoms with Gasteiger partial charge in [-0.15, -0.1) is 0 Å². The second-order valence-corrected chi connectivity index (χ2v) is 8.08. The molecule has 6 nitrogen and oxygen atoms in total. The Morgan fingerprint density at radius 2 is 1.96 bits per heavy atom. The molecule has 3 heterocycles. The molecule has 0 bridgehead atoms. The lowest BCUT2D eigenvalue weighted by molar-refractivity contribution is -0.00802. The van der Waals surface area contributed by atoms with Crippen molar-refractivity contribution in [1.82, 2.24) is 19.7 Å². The molecule has 2 aliphatic heterocycles. The summed E-state index contributed by atoms with van der Waals surface area (Å²) in [5, 5.41) is 0. The lowest BCUT2D eigenvalue weighted by atomic mass is 9.96. The van der Waals surface area contributed by atoms with E-state index in [2.05, 4.69) is 35.7 Å². The van der Waals surface area contributed by atoms with Gasteiger partial charge in [0.2, 0.25) is 5.88 Å². The van der Waals surface area contributed by atoms with Crippen LogP contribution in [0, 0.1) is 5.92 Å². The summed E-state index contributed by atoms with van der Waals surface area (Å²) in [5.74, 6) is 1.25. The molecular formula is C20H32N4O2. The summed E-state index contributed by atoms with van der Waals surface area (Å²) in [4.78, 5) is 23.8. The fourth-order valence-electron chi connectivity index (χ4n) is 3.99. The highest BCUT2D eigenvalue weighted by Gasteiger charge is 2.38. The quantitative estimate of drug-likeness (QED) is 0.776. The lowest BCUT2D eigenvalue weighted by Crippen LogP contribution is -2.64. The van der Waals surface area contributed by atoms with Crippen molar-refractivity contribution in [3.63, 3.8) is 0 Å². The van der Waals surface area contributed by atoms with E-state index in [1.54, 1.807) is 25.4 Å². The van der Waals surface area contributed by atoms with E-state index in [4.69, 9.17) is 4.74 Å². The van der Waals surface area contributed by atoms with Crippen molar-refractivity contribution in [1.29, 1.82) is 0 Å². The predicted molar refractivity (Wildman–Crippen MR) is 103 cm³/mol. The normalized spacial score (nSPS) is 19.8. The van der Waals surface area contributed by atoms with Crippen LogP contribution in [0.2, 0.25) is 0 Å². The SMILES string of the molecule is COc1ccc(C(=O)N2CC(N(CC(C)C)C3CCN(C)CC3)C2)cn1. The van der Waals surface area contributed by atoms with Gasteiger partial charge in [-0.3, -0.25) is 9.69 Å². The van der Waals surface area contributed by atoms with Gasteiger partial charge in [0.25, 0.3) is 5.91 Å². The largest absolute Gasteiger partial charge is 0.481 e. The van der Waals surface area contributed by atoms with Gasteiger partial charge in [-0.2, -0.15) is 0 Å². The second kappa shape index (κ2) is 8.35. The molecule has 0 aliphatic carbocycles. The van der Waals surface area contributed by atoms with Gasteiger partial charge in [0.05, 0.1) is 12.7 Å². The summed E-state index contributed by atoms with van der Waals surface area (Å²) >= 11 is 0. The highest BCUT2D eigenvalue weighted by molar-refractivity contribution is 5.94. The summed E-state index contributed by atoms with van der Waals surface area (Å²) < 4.78 is 5.06. The van der Waals surface area contributed by atoms with Crippen LogP contribution in [0.15, 0.2) is 18.3 Å². The van der Waals surface area contributed by atoms with Crippen LogP contribution in [0.3, 0.4) is 0 Å². The summed E-state index contributed by atoms with van der Waals surface area (Å²) in [6.45, 7) is 9.68. The number of amides is 1. The molecule has 0 aromatic carbocycles. The van der Waals surface area contributed by atoms with Gasteiger partial charge in [0.1, 0.15) is 0 Å². The molecular weight excluding hydrogens is 328 g/mol. The maximum atomic E-state index is 12.7. The Bertz CT molecular complexity index is 590. The number of hydrogen-bond donors (Lipinski definition) is 0. The van der Waals surface area contributed by atoms with E-state index in [9.17, 15) is 4.79 Å². The Balaban J connectivity index is 1.58. The maximum Gasteiger partial charge on any atom is 0.255 e. The third-order valence-corrected chi connectivity index (χ3v) is 5.54. The molecule has 2 fully saturated rings. The van der Waals surface area contributed by atoms with Gasteiger partial charge in [0, 0.05) is 44.0 Å². The van der Waals surface area contributed by atoms with Gasteiger partial charge in [-0.05, 0) is 45.0 Å². The minimum Gasteiger partial charge on any atom is -0.481 e. The van der Waals surface area contributed by atoms with Crippen molar-refractivity contribution in [2.24, 2.45) is 5.92 Å². The highest BCUT2D eigenvalue weighted by atomic mass is 16.5. The molecule has 1 amide bonds. The predicted octanol–water partition coefficient (Wildman–Crippen LogP) is 1.97. The first-order valence-electron chi connectivity index (χ1n) is 9.71. The fraction of sp³-hybridized carbons (Fsp3) is 0.700. The van der Waals surface area contributed by atoms with Crippen LogP contribution in [0.5, 0.6) is 5.88 Å². The molecule has 3 rings (SSSR count). The lowest BCUT2D eigenvalue weighted by Gasteiger charge is -2.50. The number of rotatable bonds is 6. The number of carbonyl (C=O) groups excluding carboxylic acids is 1. The van der Waals surface area contributed by atoms with Crippen molar-refractivity contribution in [2.75, 3.05) is 46.9 Å². The zero-order chi connectivity index (χ0) is 18.7. The third-order valence-electron chi connectivity index (χ3n) is 5.54. The molecule has 0 saturated carbocycles. The number of pyridine rings is 1. The molecule has 2 saturated heterocycles. The first-order chi connectivity index (χ1) is 12.5. The minimum atomic E-state index is 0.0734. The number of nitrogens with zero attached hydrogens (tertiary/aromatic N) is 4. The zero-order valence-electron chi connectivity index (χ0n) is 16.5. The smallest absolute Gasteiger partial charge is 0.255 e.